The van der Waals surface area contributed by atoms with Crippen LogP contribution >= 0.6 is 0 Å². The van der Waals surface area contributed by atoms with Gasteiger partial charge in [0, 0.05) is 31.1 Å². The predicted octanol–water partition coefficient (Wildman–Crippen LogP) is 4.50. The molecule has 98 valence electrons. The van der Waals surface area contributed by atoms with Gasteiger partial charge in [0.15, 0.2) is 0 Å². The summed E-state index contributed by atoms with van der Waals surface area (Å²) >= 11 is 0. The monoisotopic (exact) mass is 244 g/mol. The van der Waals surface area contributed by atoms with Crippen LogP contribution in [0, 0.1) is 0 Å². The number of para-hydroxylation sites is 1. The van der Waals surface area contributed by atoms with Gasteiger partial charge in [-0.05, 0) is 19.4 Å². The minimum absolute atomic E-state index is 0.993. The second-order valence-corrected chi connectivity index (χ2v) is 4.48. The maximum atomic E-state index is 4.39. The van der Waals surface area contributed by atoms with Gasteiger partial charge in [0.2, 0.25) is 0 Å². The van der Waals surface area contributed by atoms with Crippen molar-refractivity contribution in [2.75, 3.05) is 13.6 Å². The molecule has 0 radical (unpaired) electrons. The number of aliphatic imine (C=N–C) groups is 1. The lowest BCUT2D eigenvalue weighted by Gasteiger charge is -2.22. The molecule has 1 rings (SSSR count). The van der Waals surface area contributed by atoms with Crippen molar-refractivity contribution in [1.29, 1.82) is 0 Å². The first-order chi connectivity index (χ1) is 8.70. The maximum absolute atomic E-state index is 4.39. The summed E-state index contributed by atoms with van der Waals surface area (Å²) in [7, 11) is 2.10. The van der Waals surface area contributed by atoms with Crippen LogP contribution in [0.1, 0.15) is 38.7 Å². The van der Waals surface area contributed by atoms with Gasteiger partial charge in [0.05, 0.1) is 5.69 Å². The molecule has 0 aromatic heterocycles. The van der Waals surface area contributed by atoms with Crippen LogP contribution in [-0.2, 0) is 0 Å². The molecule has 2 nitrogen and oxygen atoms in total. The van der Waals surface area contributed by atoms with Crippen LogP contribution in [0.15, 0.2) is 35.8 Å². The highest BCUT2D eigenvalue weighted by molar-refractivity contribution is 5.75. The molecule has 2 heteroatoms. The molecule has 0 saturated carbocycles. The maximum Gasteiger partial charge on any atom is 0.0718 e. The number of hydrogen-bond donors (Lipinski definition) is 0. The standard InChI is InChI=1S/C16H24N2/c1-5-7-10-13-18(4)14(3)15-11-8-9-12-16(15)17-6-2/h6,8-9,11-12H,3,5,7,10,13H2,1-2,4H3/b17-6-. The molecule has 1 aromatic carbocycles. The van der Waals surface area contributed by atoms with Gasteiger partial charge in [-0.25, -0.2) is 0 Å². The van der Waals surface area contributed by atoms with Crippen molar-refractivity contribution < 1.29 is 0 Å². The Kier molecular flexibility index (Phi) is 6.20. The Labute approximate surface area is 111 Å². The summed E-state index contributed by atoms with van der Waals surface area (Å²) in [5.41, 5.74) is 3.16. The fraction of sp³-hybridized carbons (Fsp3) is 0.438. The van der Waals surface area contributed by atoms with Crippen LogP contribution in [0.25, 0.3) is 5.70 Å². The minimum atomic E-state index is 0.993. The Morgan fingerprint density at radius 3 is 2.72 bits per heavy atom. The molecule has 0 bridgehead atoms. The average molecular weight is 244 g/mol. The zero-order valence-corrected chi connectivity index (χ0v) is 11.8. The zero-order chi connectivity index (χ0) is 13.4. The molecule has 0 atom stereocenters. The van der Waals surface area contributed by atoms with Crippen LogP contribution < -0.4 is 0 Å². The van der Waals surface area contributed by atoms with Crippen LogP contribution in [0.2, 0.25) is 0 Å². The smallest absolute Gasteiger partial charge is 0.0718 e. The molecule has 0 aliphatic heterocycles. The van der Waals surface area contributed by atoms with E-state index in [1.54, 1.807) is 0 Å². The third-order valence-electron chi connectivity index (χ3n) is 3.04. The van der Waals surface area contributed by atoms with Crippen molar-refractivity contribution in [1.82, 2.24) is 4.90 Å². The first-order valence-corrected chi connectivity index (χ1v) is 6.68. The Balaban J connectivity index is 2.76. The van der Waals surface area contributed by atoms with E-state index >= 15 is 0 Å². The summed E-state index contributed by atoms with van der Waals surface area (Å²) in [6, 6.07) is 8.16. The number of hydrogen-bond acceptors (Lipinski definition) is 2. The van der Waals surface area contributed by atoms with E-state index < -0.39 is 0 Å². The average Bonchev–Trinajstić information content (AvgIpc) is 2.39. The summed E-state index contributed by atoms with van der Waals surface area (Å²) in [5.74, 6) is 0. The van der Waals surface area contributed by atoms with Gasteiger partial charge < -0.3 is 4.90 Å². The van der Waals surface area contributed by atoms with Crippen molar-refractivity contribution in [2.45, 2.75) is 33.1 Å². The minimum Gasteiger partial charge on any atom is -0.375 e. The van der Waals surface area contributed by atoms with Crippen LogP contribution in [0.3, 0.4) is 0 Å². The van der Waals surface area contributed by atoms with E-state index in [0.29, 0.717) is 0 Å². The molecule has 18 heavy (non-hydrogen) atoms. The van der Waals surface area contributed by atoms with E-state index in [2.05, 4.69) is 36.5 Å². The number of unbranched alkanes of at least 4 members (excludes halogenated alkanes) is 2. The molecule has 0 unspecified atom stereocenters. The fourth-order valence-corrected chi connectivity index (χ4v) is 1.91. The van der Waals surface area contributed by atoms with E-state index in [-0.39, 0.29) is 0 Å². The second kappa shape index (κ2) is 7.70. The van der Waals surface area contributed by atoms with E-state index in [1.807, 2.05) is 31.3 Å². The lowest BCUT2D eigenvalue weighted by atomic mass is 10.1. The second-order valence-electron chi connectivity index (χ2n) is 4.48. The third-order valence-corrected chi connectivity index (χ3v) is 3.04. The summed E-state index contributed by atoms with van der Waals surface area (Å²) in [4.78, 5) is 6.62. The lowest BCUT2D eigenvalue weighted by molar-refractivity contribution is 0.456. The fourth-order valence-electron chi connectivity index (χ4n) is 1.91. The molecule has 0 aliphatic carbocycles. The van der Waals surface area contributed by atoms with Gasteiger partial charge in [-0.15, -0.1) is 0 Å². The highest BCUT2D eigenvalue weighted by atomic mass is 15.1. The number of nitrogens with zero attached hydrogens (tertiary/aromatic N) is 2. The predicted molar refractivity (Wildman–Crippen MR) is 81.5 cm³/mol. The Hall–Kier alpha value is -1.57. The van der Waals surface area contributed by atoms with E-state index in [0.717, 1.165) is 23.5 Å². The molecule has 0 aliphatic rings. The first kappa shape index (κ1) is 14.5. The lowest BCUT2D eigenvalue weighted by Crippen LogP contribution is -2.17. The molecular weight excluding hydrogens is 220 g/mol. The van der Waals surface area contributed by atoms with E-state index in [4.69, 9.17) is 0 Å². The van der Waals surface area contributed by atoms with Gasteiger partial charge in [-0.2, -0.15) is 0 Å². The summed E-state index contributed by atoms with van der Waals surface area (Å²) < 4.78 is 0. The topological polar surface area (TPSA) is 15.6 Å². The van der Waals surface area contributed by atoms with Crippen LogP contribution in [0.4, 0.5) is 5.69 Å². The molecule has 0 amide bonds. The Morgan fingerprint density at radius 1 is 1.33 bits per heavy atom. The Morgan fingerprint density at radius 2 is 2.06 bits per heavy atom. The van der Waals surface area contributed by atoms with Crippen molar-refractivity contribution in [3.8, 4) is 0 Å². The van der Waals surface area contributed by atoms with Crippen LogP contribution in [-0.4, -0.2) is 24.7 Å². The van der Waals surface area contributed by atoms with Crippen molar-refractivity contribution in [2.24, 2.45) is 4.99 Å². The summed E-state index contributed by atoms with van der Waals surface area (Å²) in [6.07, 6.45) is 5.55. The normalized spacial score (nSPS) is 10.8. The molecule has 0 N–H and O–H groups in total. The molecule has 0 saturated heterocycles. The van der Waals surface area contributed by atoms with Gasteiger partial charge in [-0.3, -0.25) is 4.99 Å². The van der Waals surface area contributed by atoms with Crippen LogP contribution in [0.5, 0.6) is 0 Å². The molecule has 0 heterocycles. The zero-order valence-electron chi connectivity index (χ0n) is 11.8. The number of rotatable bonds is 7. The van der Waals surface area contributed by atoms with Gasteiger partial charge >= 0.3 is 0 Å². The SMILES string of the molecule is C=C(c1ccccc1/N=C\C)N(C)CCCCC. The van der Waals surface area contributed by atoms with E-state index in [1.165, 1.54) is 19.3 Å². The highest BCUT2D eigenvalue weighted by Gasteiger charge is 2.08. The van der Waals surface area contributed by atoms with Crippen molar-refractivity contribution in [3.63, 3.8) is 0 Å². The largest absolute Gasteiger partial charge is 0.375 e. The highest BCUT2D eigenvalue weighted by Crippen LogP contribution is 2.26. The van der Waals surface area contributed by atoms with Gasteiger partial charge in [0.25, 0.3) is 0 Å². The van der Waals surface area contributed by atoms with Gasteiger partial charge in [0.1, 0.15) is 0 Å². The summed E-state index contributed by atoms with van der Waals surface area (Å²) in [6.45, 7) is 9.41. The van der Waals surface area contributed by atoms with Crippen molar-refractivity contribution >= 4 is 17.6 Å². The molecule has 0 fully saturated rings. The van der Waals surface area contributed by atoms with Gasteiger partial charge in [-0.1, -0.05) is 44.5 Å². The molecule has 0 spiro atoms. The Bertz CT molecular complexity index is 407. The molecule has 1 aromatic rings. The molecular formula is C16H24N2. The van der Waals surface area contributed by atoms with E-state index in [9.17, 15) is 0 Å². The first-order valence-electron chi connectivity index (χ1n) is 6.68. The quantitative estimate of drug-likeness (QED) is 0.509. The summed E-state index contributed by atoms with van der Waals surface area (Å²) in [5, 5.41) is 0. The number of benzene rings is 1. The van der Waals surface area contributed by atoms with Crippen molar-refractivity contribution in [3.05, 3.63) is 36.4 Å². The third kappa shape index (κ3) is 4.02.